The summed E-state index contributed by atoms with van der Waals surface area (Å²) in [6.07, 6.45) is 0.979. The second-order valence-corrected chi connectivity index (χ2v) is 7.76. The lowest BCUT2D eigenvalue weighted by Crippen LogP contribution is -2.32. The number of hydrogen-bond acceptors (Lipinski definition) is 6. The first-order valence-electron chi connectivity index (χ1n) is 8.86. The van der Waals surface area contributed by atoms with E-state index in [1.807, 2.05) is 0 Å². The van der Waals surface area contributed by atoms with Crippen molar-refractivity contribution in [2.45, 2.75) is 20.0 Å². The highest BCUT2D eigenvalue weighted by atomic mass is 79.9. The molecule has 30 heavy (non-hydrogen) atoms. The van der Waals surface area contributed by atoms with Gasteiger partial charge in [0.1, 0.15) is 5.75 Å². The van der Waals surface area contributed by atoms with Gasteiger partial charge in [-0.15, -0.1) is 4.68 Å². The summed E-state index contributed by atoms with van der Waals surface area (Å²) in [6, 6.07) is 9.72. The van der Waals surface area contributed by atoms with E-state index in [1.165, 1.54) is 12.3 Å². The van der Waals surface area contributed by atoms with E-state index in [9.17, 15) is 14.4 Å². The van der Waals surface area contributed by atoms with Crippen LogP contribution in [0.4, 0.5) is 0 Å². The zero-order valence-electron chi connectivity index (χ0n) is 16.0. The molecule has 1 aromatic heterocycles. The molecule has 0 saturated carbocycles. The highest BCUT2D eigenvalue weighted by Gasteiger charge is 2.14. The molecule has 1 N–H and O–H groups in total. The van der Waals surface area contributed by atoms with Gasteiger partial charge in [-0.05, 0) is 54.0 Å². The molecule has 0 amide bonds. The summed E-state index contributed by atoms with van der Waals surface area (Å²) in [5.41, 5.74) is -0.503. The molecule has 10 heteroatoms. The fourth-order valence-corrected chi connectivity index (χ4v) is 3.58. The molecule has 0 atom stereocenters. The first-order valence-corrected chi connectivity index (χ1v) is 10.0. The van der Waals surface area contributed by atoms with Gasteiger partial charge in [-0.1, -0.05) is 23.7 Å². The fraction of sp³-hybridized carbons (Fsp3) is 0.200. The number of aromatic amines is 1. The summed E-state index contributed by atoms with van der Waals surface area (Å²) in [4.78, 5) is 39.3. The summed E-state index contributed by atoms with van der Waals surface area (Å²) < 4.78 is 11.8. The smallest absolute Gasteiger partial charge is 0.349 e. The molecule has 3 aromatic rings. The Balaban J connectivity index is 1.98. The van der Waals surface area contributed by atoms with Gasteiger partial charge in [0.15, 0.2) is 6.61 Å². The standard InChI is InChI=1S/C20H17BrClN3O5/c1-11(2)30-17(26)10-29-18-12(7-13(22)8-15(18)21)9-23-25-19(27)14-5-3-4-6-16(14)24-20(25)28/h3-9,11H,10H2,1-2H3,(H,24,28). The molecule has 0 radical (unpaired) electrons. The van der Waals surface area contributed by atoms with E-state index in [2.05, 4.69) is 26.0 Å². The van der Waals surface area contributed by atoms with Crippen LogP contribution in [0.5, 0.6) is 5.75 Å². The minimum atomic E-state index is -0.695. The summed E-state index contributed by atoms with van der Waals surface area (Å²) >= 11 is 9.43. The van der Waals surface area contributed by atoms with Gasteiger partial charge in [0, 0.05) is 10.6 Å². The quantitative estimate of drug-likeness (QED) is 0.418. The number of carbonyl (C=O) groups excluding carboxylic acids is 1. The third kappa shape index (κ3) is 4.98. The fourth-order valence-electron chi connectivity index (χ4n) is 2.63. The van der Waals surface area contributed by atoms with Crippen molar-refractivity contribution < 1.29 is 14.3 Å². The number of fused-ring (bicyclic) bond motifs is 1. The third-order valence-electron chi connectivity index (χ3n) is 3.83. The lowest BCUT2D eigenvalue weighted by atomic mass is 10.2. The maximum Gasteiger partial charge on any atom is 0.349 e. The number of nitrogens with one attached hydrogen (secondary N) is 1. The van der Waals surface area contributed by atoms with E-state index in [0.717, 1.165) is 0 Å². The Hall–Kier alpha value is -2.91. The molecule has 0 saturated heterocycles. The number of hydrogen-bond donors (Lipinski definition) is 1. The maximum atomic E-state index is 12.6. The van der Waals surface area contributed by atoms with Crippen molar-refractivity contribution in [3.05, 3.63) is 72.3 Å². The number of H-pyrrole nitrogens is 1. The normalized spacial score (nSPS) is 11.4. The molecule has 0 spiro atoms. The molecule has 0 aliphatic heterocycles. The Kier molecular flexibility index (Phi) is 6.73. The number of rotatable bonds is 6. The number of esters is 1. The van der Waals surface area contributed by atoms with Crippen LogP contribution in [-0.2, 0) is 9.53 Å². The number of aromatic nitrogens is 2. The van der Waals surface area contributed by atoms with Gasteiger partial charge in [0.25, 0.3) is 5.56 Å². The molecule has 0 aliphatic rings. The summed E-state index contributed by atoms with van der Waals surface area (Å²) in [5.74, 6) is -0.286. The Morgan fingerprint density at radius 1 is 1.30 bits per heavy atom. The SMILES string of the molecule is CC(C)OC(=O)COc1c(Br)cc(Cl)cc1C=Nn1c(=O)[nH]c2ccccc2c1=O. The van der Waals surface area contributed by atoms with E-state index >= 15 is 0 Å². The molecule has 8 nitrogen and oxygen atoms in total. The van der Waals surface area contributed by atoms with E-state index in [4.69, 9.17) is 21.1 Å². The largest absolute Gasteiger partial charge is 0.480 e. The second-order valence-electron chi connectivity index (χ2n) is 6.47. The number of ether oxygens (including phenoxy) is 2. The van der Waals surface area contributed by atoms with Crippen molar-refractivity contribution in [1.82, 2.24) is 9.66 Å². The topological polar surface area (TPSA) is 103 Å². The van der Waals surface area contributed by atoms with Gasteiger partial charge >= 0.3 is 11.7 Å². The van der Waals surface area contributed by atoms with Crippen molar-refractivity contribution in [3.8, 4) is 5.75 Å². The van der Waals surface area contributed by atoms with Crippen molar-refractivity contribution >= 4 is 50.6 Å². The van der Waals surface area contributed by atoms with Crippen LogP contribution < -0.4 is 16.0 Å². The minimum Gasteiger partial charge on any atom is -0.480 e. The van der Waals surface area contributed by atoms with Crippen molar-refractivity contribution in [1.29, 1.82) is 0 Å². The monoisotopic (exact) mass is 493 g/mol. The van der Waals surface area contributed by atoms with Crippen molar-refractivity contribution in [2.24, 2.45) is 5.10 Å². The number of benzene rings is 2. The molecular weight excluding hydrogens is 478 g/mol. The van der Waals surface area contributed by atoms with Crippen LogP contribution in [0.2, 0.25) is 5.02 Å². The number of carbonyl (C=O) groups is 1. The zero-order valence-corrected chi connectivity index (χ0v) is 18.4. The molecule has 3 rings (SSSR count). The molecule has 156 valence electrons. The number of halogens is 2. The third-order valence-corrected chi connectivity index (χ3v) is 4.64. The predicted molar refractivity (Wildman–Crippen MR) is 118 cm³/mol. The van der Waals surface area contributed by atoms with Gasteiger partial charge in [-0.25, -0.2) is 9.59 Å². The van der Waals surface area contributed by atoms with Gasteiger partial charge < -0.3 is 14.5 Å². The van der Waals surface area contributed by atoms with Crippen molar-refractivity contribution in [2.75, 3.05) is 6.61 Å². The van der Waals surface area contributed by atoms with Crippen molar-refractivity contribution in [3.63, 3.8) is 0 Å². The molecular formula is C20H17BrClN3O5. The van der Waals surface area contributed by atoms with Gasteiger partial charge in [-0.3, -0.25) is 4.79 Å². The van der Waals surface area contributed by atoms with E-state index in [-0.39, 0.29) is 18.5 Å². The van der Waals surface area contributed by atoms with Crippen LogP contribution in [0.3, 0.4) is 0 Å². The van der Waals surface area contributed by atoms with Crippen LogP contribution in [0, 0.1) is 0 Å². The van der Waals surface area contributed by atoms with Gasteiger partial charge in [0.2, 0.25) is 0 Å². The molecule has 1 heterocycles. The Morgan fingerprint density at radius 2 is 2.03 bits per heavy atom. The van der Waals surface area contributed by atoms with Crippen LogP contribution in [0.15, 0.2) is 55.6 Å². The van der Waals surface area contributed by atoms with Crippen LogP contribution >= 0.6 is 27.5 Å². The molecule has 0 bridgehead atoms. The lowest BCUT2D eigenvalue weighted by Gasteiger charge is -2.12. The minimum absolute atomic E-state index is 0.258. The molecule has 0 aliphatic carbocycles. The number of para-hydroxylation sites is 1. The summed E-state index contributed by atoms with van der Waals surface area (Å²) in [6.45, 7) is 3.12. The zero-order chi connectivity index (χ0) is 21.8. The molecule has 0 fully saturated rings. The van der Waals surface area contributed by atoms with E-state index in [0.29, 0.717) is 30.6 Å². The van der Waals surface area contributed by atoms with Crippen LogP contribution in [0.25, 0.3) is 10.9 Å². The average molecular weight is 495 g/mol. The first-order chi connectivity index (χ1) is 14.3. The number of nitrogens with zero attached hydrogens (tertiary/aromatic N) is 2. The Bertz CT molecular complexity index is 1250. The average Bonchev–Trinajstić information content (AvgIpc) is 2.66. The Labute approximate surface area is 184 Å². The highest BCUT2D eigenvalue weighted by molar-refractivity contribution is 9.10. The Morgan fingerprint density at radius 3 is 2.77 bits per heavy atom. The van der Waals surface area contributed by atoms with Gasteiger partial charge in [0.05, 0.1) is 27.7 Å². The summed E-state index contributed by atoms with van der Waals surface area (Å²) in [7, 11) is 0. The van der Waals surface area contributed by atoms with Gasteiger partial charge in [-0.2, -0.15) is 5.10 Å². The first kappa shape index (κ1) is 21.8. The highest BCUT2D eigenvalue weighted by Crippen LogP contribution is 2.32. The van der Waals surface area contributed by atoms with Crippen LogP contribution in [0.1, 0.15) is 19.4 Å². The summed E-state index contributed by atoms with van der Waals surface area (Å²) in [5, 5.41) is 4.68. The maximum absolute atomic E-state index is 12.6. The second kappa shape index (κ2) is 9.27. The predicted octanol–water partition coefficient (Wildman–Crippen LogP) is 3.32. The molecule has 2 aromatic carbocycles. The van der Waals surface area contributed by atoms with E-state index in [1.54, 1.807) is 44.2 Å². The van der Waals surface area contributed by atoms with Crippen LogP contribution in [-0.4, -0.2) is 34.6 Å². The lowest BCUT2D eigenvalue weighted by molar-refractivity contribution is -0.149. The molecule has 0 unspecified atom stereocenters. The van der Waals surface area contributed by atoms with E-state index < -0.39 is 17.2 Å².